The van der Waals surface area contributed by atoms with Crippen molar-refractivity contribution in [2.45, 2.75) is 49.2 Å². The molecule has 4 N–H and O–H groups in total. The maximum Gasteiger partial charge on any atom is 0.224 e. The molecule has 1 aliphatic carbocycles. The first-order chi connectivity index (χ1) is 16.0. The number of amidine groups is 1. The van der Waals surface area contributed by atoms with Crippen LogP contribution in [0.2, 0.25) is 0 Å². The quantitative estimate of drug-likeness (QED) is 0.464. The lowest BCUT2D eigenvalue weighted by atomic mass is 9.81. The average Bonchev–Trinajstić information content (AvgIpc) is 3.25. The number of anilines is 1. The minimum absolute atomic E-state index is 0.0834. The number of carbonyl (C=O) groups is 1. The van der Waals surface area contributed by atoms with Crippen molar-refractivity contribution in [3.63, 3.8) is 0 Å². The molecule has 1 saturated carbocycles. The Balaban J connectivity index is 1.40. The fourth-order valence-electron chi connectivity index (χ4n) is 4.76. The molecular formula is C23H34N4O5S. The van der Waals surface area contributed by atoms with E-state index in [-0.39, 0.29) is 17.6 Å². The van der Waals surface area contributed by atoms with E-state index in [1.807, 2.05) is 12.1 Å². The highest BCUT2D eigenvalue weighted by Crippen LogP contribution is 2.41. The molecule has 9 nitrogen and oxygen atoms in total. The standard InChI is InChI=1S/C23H34N4O5S/c1-31-15-10-14(11-16(12-15)32-2)25-23-26-19-20(29)18(28)13-17(21(19)33-23)22(30)24-6-9-27-7-4-3-5-8-27/h10-12,17-21,28-29H,3-9,13H2,1-2H3,(H,24,30)(H,25,26)/t17-,18+,19+,20-,21+/m0/s1. The fourth-order valence-corrected chi connectivity index (χ4v) is 6.14. The number of methoxy groups -OCH3 is 2. The van der Waals surface area contributed by atoms with Crippen molar-refractivity contribution in [1.82, 2.24) is 10.2 Å². The summed E-state index contributed by atoms with van der Waals surface area (Å²) in [5, 5.41) is 27.6. The number of hydrogen-bond acceptors (Lipinski definition) is 9. The SMILES string of the molecule is COc1cc(NC2=N[C@@H]3[C@@H](O)[C@H](O)C[C@H](C(=O)NCCN4CCCCC4)[C@H]3S2)cc(OC)c1. The molecule has 1 aromatic carbocycles. The van der Waals surface area contributed by atoms with Crippen molar-refractivity contribution < 1.29 is 24.5 Å². The van der Waals surface area contributed by atoms with E-state index in [2.05, 4.69) is 20.5 Å². The number of aliphatic hydroxyl groups excluding tert-OH is 2. The van der Waals surface area contributed by atoms with E-state index in [1.165, 1.54) is 31.0 Å². The summed E-state index contributed by atoms with van der Waals surface area (Å²) in [6, 6.07) is 4.87. The molecule has 3 aliphatic rings. The second kappa shape index (κ2) is 10.9. The summed E-state index contributed by atoms with van der Waals surface area (Å²) < 4.78 is 10.6. The Morgan fingerprint density at radius 2 is 1.85 bits per heavy atom. The van der Waals surface area contributed by atoms with E-state index in [4.69, 9.17) is 9.47 Å². The normalized spacial score (nSPS) is 29.7. The van der Waals surface area contributed by atoms with Gasteiger partial charge in [-0.3, -0.25) is 9.79 Å². The number of likely N-dealkylation sites (tertiary alicyclic amines) is 1. The lowest BCUT2D eigenvalue weighted by molar-refractivity contribution is -0.129. The van der Waals surface area contributed by atoms with Crippen LogP contribution in [0.25, 0.3) is 0 Å². The van der Waals surface area contributed by atoms with E-state index in [1.54, 1.807) is 20.3 Å². The van der Waals surface area contributed by atoms with Gasteiger partial charge in [0.1, 0.15) is 17.6 Å². The van der Waals surface area contributed by atoms with Gasteiger partial charge in [0.05, 0.1) is 32.3 Å². The summed E-state index contributed by atoms with van der Waals surface area (Å²) in [4.78, 5) is 20.0. The van der Waals surface area contributed by atoms with Gasteiger partial charge in [-0.05, 0) is 32.4 Å². The van der Waals surface area contributed by atoms with Crippen LogP contribution < -0.4 is 20.1 Å². The number of fused-ring (bicyclic) bond motifs is 1. The first-order valence-corrected chi connectivity index (χ1v) is 12.5. The number of hydrogen-bond donors (Lipinski definition) is 4. The number of benzene rings is 1. The molecule has 1 aromatic rings. The number of aliphatic hydroxyl groups is 2. The second-order valence-corrected chi connectivity index (χ2v) is 9.99. The number of nitrogens with zero attached hydrogens (tertiary/aromatic N) is 2. The largest absolute Gasteiger partial charge is 0.497 e. The molecule has 4 rings (SSSR count). The van der Waals surface area contributed by atoms with Crippen LogP contribution in [0, 0.1) is 5.92 Å². The molecule has 0 spiro atoms. The molecule has 5 atom stereocenters. The molecular weight excluding hydrogens is 444 g/mol. The van der Waals surface area contributed by atoms with Gasteiger partial charge in [-0.25, -0.2) is 0 Å². The predicted octanol–water partition coefficient (Wildman–Crippen LogP) is 1.30. The summed E-state index contributed by atoms with van der Waals surface area (Å²) in [5.74, 6) is 0.765. The molecule has 10 heteroatoms. The van der Waals surface area contributed by atoms with Crippen LogP contribution >= 0.6 is 11.8 Å². The van der Waals surface area contributed by atoms with Crippen molar-refractivity contribution in [3.05, 3.63) is 18.2 Å². The number of ether oxygens (including phenoxy) is 2. The predicted molar refractivity (Wildman–Crippen MR) is 129 cm³/mol. The summed E-state index contributed by atoms with van der Waals surface area (Å²) in [7, 11) is 3.17. The first-order valence-electron chi connectivity index (χ1n) is 11.6. The third-order valence-electron chi connectivity index (χ3n) is 6.60. The van der Waals surface area contributed by atoms with Gasteiger partial charge in [0, 0.05) is 42.2 Å². The van der Waals surface area contributed by atoms with Gasteiger partial charge >= 0.3 is 0 Å². The molecule has 2 fully saturated rings. The highest BCUT2D eigenvalue weighted by atomic mass is 32.2. The van der Waals surface area contributed by atoms with Gasteiger partial charge in [0.2, 0.25) is 5.91 Å². The lowest BCUT2D eigenvalue weighted by Crippen LogP contribution is -2.54. The van der Waals surface area contributed by atoms with Crippen molar-refractivity contribution in [2.75, 3.05) is 45.7 Å². The van der Waals surface area contributed by atoms with Crippen LogP contribution in [0.5, 0.6) is 11.5 Å². The lowest BCUT2D eigenvalue weighted by Gasteiger charge is -2.37. The molecule has 0 unspecified atom stereocenters. The van der Waals surface area contributed by atoms with E-state index in [0.717, 1.165) is 25.3 Å². The van der Waals surface area contributed by atoms with E-state index >= 15 is 0 Å². The zero-order valence-corrected chi connectivity index (χ0v) is 20.0. The Kier molecular flexibility index (Phi) is 8.00. The third-order valence-corrected chi connectivity index (χ3v) is 7.91. The minimum Gasteiger partial charge on any atom is -0.497 e. The Morgan fingerprint density at radius 3 is 2.52 bits per heavy atom. The Labute approximate surface area is 198 Å². The molecule has 182 valence electrons. The summed E-state index contributed by atoms with van der Waals surface area (Å²) in [5.41, 5.74) is 0.730. The van der Waals surface area contributed by atoms with Gasteiger partial charge in [-0.1, -0.05) is 18.2 Å². The number of aliphatic imine (C=N–C) groups is 1. The number of nitrogens with one attached hydrogen (secondary N) is 2. The fraction of sp³-hybridized carbons (Fsp3) is 0.652. The summed E-state index contributed by atoms with van der Waals surface area (Å²) in [6.07, 6.45) is 1.95. The second-order valence-electron chi connectivity index (χ2n) is 8.83. The van der Waals surface area contributed by atoms with Crippen LogP contribution in [0.4, 0.5) is 5.69 Å². The van der Waals surface area contributed by atoms with Crippen molar-refractivity contribution in [3.8, 4) is 11.5 Å². The highest BCUT2D eigenvalue weighted by Gasteiger charge is 2.50. The van der Waals surface area contributed by atoms with Crippen molar-refractivity contribution >= 4 is 28.5 Å². The van der Waals surface area contributed by atoms with Crippen LogP contribution in [0.3, 0.4) is 0 Å². The van der Waals surface area contributed by atoms with Crippen LogP contribution in [0.1, 0.15) is 25.7 Å². The molecule has 1 amide bonds. The molecule has 2 aliphatic heterocycles. The Morgan fingerprint density at radius 1 is 1.15 bits per heavy atom. The van der Waals surface area contributed by atoms with Crippen LogP contribution in [0.15, 0.2) is 23.2 Å². The van der Waals surface area contributed by atoms with E-state index in [0.29, 0.717) is 23.2 Å². The zero-order valence-electron chi connectivity index (χ0n) is 19.2. The Bertz CT molecular complexity index is 841. The zero-order chi connectivity index (χ0) is 23.4. The van der Waals surface area contributed by atoms with Gasteiger partial charge in [-0.15, -0.1) is 0 Å². The number of thioether (sulfide) groups is 1. The van der Waals surface area contributed by atoms with E-state index in [9.17, 15) is 15.0 Å². The van der Waals surface area contributed by atoms with Crippen LogP contribution in [-0.4, -0.2) is 90.1 Å². The summed E-state index contributed by atoms with van der Waals surface area (Å²) >= 11 is 1.43. The van der Waals surface area contributed by atoms with Gasteiger partial charge < -0.3 is 35.2 Å². The molecule has 0 aromatic heterocycles. The average molecular weight is 479 g/mol. The first kappa shape index (κ1) is 24.1. The van der Waals surface area contributed by atoms with Crippen molar-refractivity contribution in [1.29, 1.82) is 0 Å². The highest BCUT2D eigenvalue weighted by molar-refractivity contribution is 8.15. The number of rotatable bonds is 7. The van der Waals surface area contributed by atoms with Gasteiger partial charge in [0.15, 0.2) is 5.17 Å². The maximum atomic E-state index is 13.0. The molecule has 0 bridgehead atoms. The Hall–Kier alpha value is -2.01. The molecule has 1 saturated heterocycles. The number of carbonyl (C=O) groups excluding carboxylic acids is 1. The maximum absolute atomic E-state index is 13.0. The summed E-state index contributed by atoms with van der Waals surface area (Å²) in [6.45, 7) is 3.60. The molecule has 0 radical (unpaired) electrons. The monoisotopic (exact) mass is 478 g/mol. The number of amides is 1. The minimum atomic E-state index is -1.00. The molecule has 33 heavy (non-hydrogen) atoms. The smallest absolute Gasteiger partial charge is 0.224 e. The van der Waals surface area contributed by atoms with Crippen molar-refractivity contribution in [2.24, 2.45) is 10.9 Å². The van der Waals surface area contributed by atoms with Gasteiger partial charge in [-0.2, -0.15) is 0 Å². The van der Waals surface area contributed by atoms with Gasteiger partial charge in [0.25, 0.3) is 0 Å². The topological polar surface area (TPSA) is 116 Å². The van der Waals surface area contributed by atoms with E-state index < -0.39 is 24.2 Å². The third kappa shape index (κ3) is 5.74. The molecule has 2 heterocycles. The van der Waals surface area contributed by atoms with Crippen LogP contribution in [-0.2, 0) is 4.79 Å². The number of piperidine rings is 1.